The molecule has 0 spiro atoms. The Morgan fingerprint density at radius 2 is 2.04 bits per heavy atom. The number of rotatable bonds is 5. The van der Waals surface area contributed by atoms with E-state index in [1.54, 1.807) is 0 Å². The van der Waals surface area contributed by atoms with E-state index in [4.69, 9.17) is 9.47 Å². The standard InChI is InChI=1S/C22H28N2O3/c1-22(12-26-13-22)21(25)24-20-10-23-19-5-4-17(9-18(19)20)27-11-16-7-14-2-3-15(6-14)8-16/h4-5,9-10,14-16,23H,2-3,6-8,11-13H2,1H3,(H,24,25)/t14-,15+,16+. The zero-order valence-corrected chi connectivity index (χ0v) is 15.9. The maximum Gasteiger partial charge on any atom is 0.235 e. The van der Waals surface area contributed by atoms with Crippen molar-refractivity contribution in [2.45, 2.75) is 39.0 Å². The van der Waals surface area contributed by atoms with Crippen LogP contribution in [0.5, 0.6) is 5.75 Å². The van der Waals surface area contributed by atoms with Crippen molar-refractivity contribution in [2.24, 2.45) is 23.2 Å². The monoisotopic (exact) mass is 368 g/mol. The molecule has 5 heteroatoms. The first-order valence-corrected chi connectivity index (χ1v) is 10.2. The third-order valence-corrected chi connectivity index (χ3v) is 6.76. The number of benzene rings is 1. The first kappa shape index (κ1) is 17.1. The molecule has 1 aromatic carbocycles. The molecule has 2 heterocycles. The van der Waals surface area contributed by atoms with Crippen LogP contribution in [0, 0.1) is 23.2 Å². The van der Waals surface area contributed by atoms with Crippen molar-refractivity contribution >= 4 is 22.5 Å². The predicted molar refractivity (Wildman–Crippen MR) is 105 cm³/mol. The second-order valence-corrected chi connectivity index (χ2v) is 9.11. The Morgan fingerprint density at radius 3 is 2.74 bits per heavy atom. The van der Waals surface area contributed by atoms with E-state index in [2.05, 4.69) is 10.3 Å². The Kier molecular flexibility index (Phi) is 4.15. The minimum absolute atomic E-state index is 0.0126. The molecule has 1 aliphatic heterocycles. The van der Waals surface area contributed by atoms with Crippen LogP contribution in [-0.2, 0) is 9.53 Å². The molecule has 3 fully saturated rings. The second-order valence-electron chi connectivity index (χ2n) is 9.11. The van der Waals surface area contributed by atoms with Gasteiger partial charge in [-0.2, -0.15) is 0 Å². The molecule has 5 nitrogen and oxygen atoms in total. The van der Waals surface area contributed by atoms with E-state index in [1.807, 2.05) is 31.3 Å². The van der Waals surface area contributed by atoms with Crippen molar-refractivity contribution in [3.8, 4) is 5.75 Å². The number of carbonyl (C=O) groups excluding carboxylic acids is 1. The summed E-state index contributed by atoms with van der Waals surface area (Å²) in [6, 6.07) is 6.08. The molecule has 2 saturated carbocycles. The highest BCUT2D eigenvalue weighted by molar-refractivity contribution is 6.04. The average molecular weight is 368 g/mol. The van der Waals surface area contributed by atoms with Gasteiger partial charge in [0.05, 0.1) is 30.9 Å². The van der Waals surface area contributed by atoms with Gasteiger partial charge in [-0.15, -0.1) is 0 Å². The fourth-order valence-corrected chi connectivity index (χ4v) is 5.10. The number of aromatic nitrogens is 1. The Morgan fingerprint density at radius 1 is 1.26 bits per heavy atom. The summed E-state index contributed by atoms with van der Waals surface area (Å²) in [6.45, 7) is 3.71. The first-order chi connectivity index (χ1) is 13.1. The molecular weight excluding hydrogens is 340 g/mol. The van der Waals surface area contributed by atoms with Gasteiger partial charge in [0, 0.05) is 17.1 Å². The van der Waals surface area contributed by atoms with Gasteiger partial charge < -0.3 is 19.8 Å². The van der Waals surface area contributed by atoms with Crippen molar-refractivity contribution < 1.29 is 14.3 Å². The van der Waals surface area contributed by atoms with Crippen LogP contribution in [0.1, 0.15) is 39.0 Å². The van der Waals surface area contributed by atoms with E-state index in [0.717, 1.165) is 40.8 Å². The first-order valence-electron chi connectivity index (χ1n) is 10.2. The van der Waals surface area contributed by atoms with Gasteiger partial charge in [0.25, 0.3) is 0 Å². The minimum atomic E-state index is -0.419. The SMILES string of the molecule is CC1(C(=O)Nc2c[nH]c3ccc(OC[C@H]4C[C@@H]5CC[C@@H](C5)C4)cc23)COC1. The number of aromatic amines is 1. The maximum atomic E-state index is 12.5. The number of nitrogens with one attached hydrogen (secondary N) is 2. The number of carbonyl (C=O) groups is 1. The van der Waals surface area contributed by atoms with Crippen LogP contribution in [0.2, 0.25) is 0 Å². The molecular formula is C22H28N2O3. The topological polar surface area (TPSA) is 63.4 Å². The van der Waals surface area contributed by atoms with Gasteiger partial charge in [0.15, 0.2) is 0 Å². The summed E-state index contributed by atoms with van der Waals surface area (Å²) in [4.78, 5) is 15.7. The number of anilines is 1. The van der Waals surface area contributed by atoms with Gasteiger partial charge in [-0.05, 0) is 62.1 Å². The van der Waals surface area contributed by atoms with Crippen LogP contribution < -0.4 is 10.1 Å². The molecule has 1 amide bonds. The summed E-state index contributed by atoms with van der Waals surface area (Å²) in [5.41, 5.74) is 1.39. The molecule has 27 heavy (non-hydrogen) atoms. The Labute approximate surface area is 159 Å². The molecule has 5 rings (SSSR count). The van der Waals surface area contributed by atoms with Crippen LogP contribution in [0.4, 0.5) is 5.69 Å². The second kappa shape index (κ2) is 6.55. The molecule has 2 aromatic rings. The lowest BCUT2D eigenvalue weighted by Gasteiger charge is -2.36. The summed E-state index contributed by atoms with van der Waals surface area (Å²) >= 11 is 0. The smallest absolute Gasteiger partial charge is 0.235 e. The molecule has 3 aliphatic rings. The van der Waals surface area contributed by atoms with Crippen LogP contribution in [-0.4, -0.2) is 30.7 Å². The average Bonchev–Trinajstić information content (AvgIpc) is 3.20. The zero-order valence-electron chi connectivity index (χ0n) is 15.9. The van der Waals surface area contributed by atoms with Gasteiger partial charge in [-0.25, -0.2) is 0 Å². The van der Waals surface area contributed by atoms with E-state index in [1.165, 1.54) is 32.1 Å². The van der Waals surface area contributed by atoms with E-state index in [-0.39, 0.29) is 5.91 Å². The summed E-state index contributed by atoms with van der Waals surface area (Å²) in [5, 5.41) is 4.05. The van der Waals surface area contributed by atoms with Crippen molar-refractivity contribution in [3.63, 3.8) is 0 Å². The number of hydrogen-bond acceptors (Lipinski definition) is 3. The molecule has 3 atom stereocenters. The molecule has 2 bridgehead atoms. The summed E-state index contributed by atoms with van der Waals surface area (Å²) in [6.07, 6.45) is 8.79. The van der Waals surface area contributed by atoms with Crippen molar-refractivity contribution in [3.05, 3.63) is 24.4 Å². The number of ether oxygens (including phenoxy) is 2. The van der Waals surface area contributed by atoms with Gasteiger partial charge in [0.2, 0.25) is 5.91 Å². The molecule has 144 valence electrons. The van der Waals surface area contributed by atoms with E-state index >= 15 is 0 Å². The Hall–Kier alpha value is -2.01. The predicted octanol–water partition coefficient (Wildman–Crippen LogP) is 4.35. The van der Waals surface area contributed by atoms with Crippen LogP contribution in [0.3, 0.4) is 0 Å². The number of hydrogen-bond donors (Lipinski definition) is 2. The Balaban J connectivity index is 1.27. The Bertz CT molecular complexity index is 842. The fourth-order valence-electron chi connectivity index (χ4n) is 5.10. The third-order valence-electron chi connectivity index (χ3n) is 6.76. The van der Waals surface area contributed by atoms with E-state index in [9.17, 15) is 4.79 Å². The van der Waals surface area contributed by atoms with Crippen molar-refractivity contribution in [1.29, 1.82) is 0 Å². The lowest BCUT2D eigenvalue weighted by atomic mass is 9.81. The highest BCUT2D eigenvalue weighted by Crippen LogP contribution is 2.44. The van der Waals surface area contributed by atoms with Gasteiger partial charge in [-0.1, -0.05) is 12.8 Å². The zero-order chi connectivity index (χ0) is 18.4. The normalized spacial score (nSPS) is 28.7. The molecule has 2 aliphatic carbocycles. The maximum absolute atomic E-state index is 12.5. The van der Waals surface area contributed by atoms with Gasteiger partial charge in [-0.3, -0.25) is 4.79 Å². The number of amides is 1. The summed E-state index contributed by atoms with van der Waals surface area (Å²) in [5.74, 6) is 3.45. The van der Waals surface area contributed by atoms with Crippen molar-refractivity contribution in [1.82, 2.24) is 4.98 Å². The van der Waals surface area contributed by atoms with Crippen molar-refractivity contribution in [2.75, 3.05) is 25.1 Å². The molecule has 0 radical (unpaired) electrons. The lowest BCUT2D eigenvalue weighted by Crippen LogP contribution is -2.49. The van der Waals surface area contributed by atoms with Crippen LogP contribution >= 0.6 is 0 Å². The highest BCUT2D eigenvalue weighted by atomic mass is 16.5. The minimum Gasteiger partial charge on any atom is -0.493 e. The summed E-state index contributed by atoms with van der Waals surface area (Å²) in [7, 11) is 0. The quantitative estimate of drug-likeness (QED) is 0.825. The number of H-pyrrole nitrogens is 1. The molecule has 2 N–H and O–H groups in total. The van der Waals surface area contributed by atoms with Crippen LogP contribution in [0.15, 0.2) is 24.4 Å². The van der Waals surface area contributed by atoms with Crippen LogP contribution in [0.25, 0.3) is 10.9 Å². The third kappa shape index (κ3) is 3.22. The lowest BCUT2D eigenvalue weighted by molar-refractivity contribution is -0.151. The largest absolute Gasteiger partial charge is 0.493 e. The molecule has 0 unspecified atom stereocenters. The highest BCUT2D eigenvalue weighted by Gasteiger charge is 2.41. The van der Waals surface area contributed by atoms with E-state index < -0.39 is 5.41 Å². The molecule has 1 aromatic heterocycles. The molecule has 1 saturated heterocycles. The van der Waals surface area contributed by atoms with E-state index in [0.29, 0.717) is 19.1 Å². The van der Waals surface area contributed by atoms with Gasteiger partial charge in [0.1, 0.15) is 5.75 Å². The number of fused-ring (bicyclic) bond motifs is 3. The summed E-state index contributed by atoms with van der Waals surface area (Å²) < 4.78 is 11.4. The fraction of sp³-hybridized carbons (Fsp3) is 0.591. The van der Waals surface area contributed by atoms with Gasteiger partial charge >= 0.3 is 0 Å².